The number of hydrogen-bond donors (Lipinski definition) is 0. The fraction of sp³-hybridized carbons (Fsp3) is 1.00. The third-order valence-corrected chi connectivity index (χ3v) is 2.80. The Kier molecular flexibility index (Phi) is 5.62. The van der Waals surface area contributed by atoms with Gasteiger partial charge in [0, 0.05) is 0 Å². The van der Waals surface area contributed by atoms with E-state index in [1.54, 1.807) is 0 Å². The summed E-state index contributed by atoms with van der Waals surface area (Å²) in [5.74, 6) is 2.01. The van der Waals surface area contributed by atoms with Gasteiger partial charge >= 0.3 is 0 Å². The van der Waals surface area contributed by atoms with Crippen LogP contribution in [-0.4, -0.2) is 0 Å². The summed E-state index contributed by atoms with van der Waals surface area (Å²) in [7, 11) is 0. The van der Waals surface area contributed by atoms with Crippen molar-refractivity contribution in [3.63, 3.8) is 0 Å². The van der Waals surface area contributed by atoms with E-state index in [0.29, 0.717) is 0 Å². The highest BCUT2D eigenvalue weighted by atomic mass is 14.2. The van der Waals surface area contributed by atoms with Gasteiger partial charge in [-0.2, -0.15) is 0 Å². The van der Waals surface area contributed by atoms with E-state index in [9.17, 15) is 0 Å². The first-order chi connectivity index (χ1) is 4.79. The van der Waals surface area contributed by atoms with Crippen molar-refractivity contribution in [2.24, 2.45) is 11.8 Å². The van der Waals surface area contributed by atoms with Crippen molar-refractivity contribution in [2.45, 2.75) is 59.8 Å². The average molecular weight is 156 g/mol. The summed E-state index contributed by atoms with van der Waals surface area (Å²) in [4.78, 5) is 0. The smallest absolute Gasteiger partial charge is 0.0443 e. The molecule has 0 aromatic heterocycles. The van der Waals surface area contributed by atoms with Crippen LogP contribution in [0.3, 0.4) is 0 Å². The van der Waals surface area contributed by atoms with Crippen LogP contribution in [0.15, 0.2) is 0 Å². The van der Waals surface area contributed by atoms with Crippen LogP contribution in [0.1, 0.15) is 59.8 Å². The molecule has 68 valence electrons. The summed E-state index contributed by atoms with van der Waals surface area (Å²) >= 11 is 0. The second kappa shape index (κ2) is 5.62. The Hall–Kier alpha value is 0. The fourth-order valence-corrected chi connectivity index (χ4v) is 1.84. The molecule has 0 aromatic rings. The zero-order chi connectivity index (χ0) is 7.40. The van der Waals surface area contributed by atoms with Gasteiger partial charge in [-0.3, -0.25) is 0 Å². The lowest BCUT2D eigenvalue weighted by Crippen LogP contribution is -2.04. The first-order valence-corrected chi connectivity index (χ1v) is 4.79. The quantitative estimate of drug-likeness (QED) is 0.492. The van der Waals surface area contributed by atoms with Crippen molar-refractivity contribution in [2.75, 3.05) is 0 Å². The highest BCUT2D eigenvalue weighted by Crippen LogP contribution is 2.24. The Labute approximate surface area is 72.4 Å². The third kappa shape index (κ3) is 4.44. The highest BCUT2D eigenvalue weighted by molar-refractivity contribution is 4.63. The molecule has 1 aliphatic carbocycles. The van der Waals surface area contributed by atoms with Crippen molar-refractivity contribution in [3.8, 4) is 0 Å². The molecule has 0 amide bonds. The Morgan fingerprint density at radius 3 is 1.45 bits per heavy atom. The van der Waals surface area contributed by atoms with Gasteiger partial charge in [0.25, 0.3) is 0 Å². The molecule has 11 heavy (non-hydrogen) atoms. The minimum absolute atomic E-state index is 0. The van der Waals surface area contributed by atoms with Crippen molar-refractivity contribution >= 4 is 0 Å². The topological polar surface area (TPSA) is 0 Å². The van der Waals surface area contributed by atoms with E-state index in [0.717, 1.165) is 11.8 Å². The molecule has 1 fully saturated rings. The zero-order valence-electron chi connectivity index (χ0n) is 7.40. The van der Waals surface area contributed by atoms with Gasteiger partial charge in [-0.1, -0.05) is 59.8 Å². The molecule has 0 nitrogen and oxygen atoms in total. The van der Waals surface area contributed by atoms with Gasteiger partial charge in [-0.05, 0) is 11.8 Å². The van der Waals surface area contributed by atoms with Crippen molar-refractivity contribution in [3.05, 3.63) is 0 Å². The van der Waals surface area contributed by atoms with Crippen molar-refractivity contribution in [1.29, 1.82) is 0 Å². The maximum atomic E-state index is 2.40. The Morgan fingerprint density at radius 1 is 0.727 bits per heavy atom. The van der Waals surface area contributed by atoms with E-state index in [-0.39, 0.29) is 7.43 Å². The monoisotopic (exact) mass is 156 g/mol. The molecule has 0 bridgehead atoms. The van der Waals surface area contributed by atoms with Crippen LogP contribution in [0.4, 0.5) is 0 Å². The average Bonchev–Trinajstić information content (AvgIpc) is 1.90. The molecule has 0 radical (unpaired) electrons. The standard InChI is InChI=1S/C10H20.CH4/c1-9-5-3-4-6-10(2)8-7-9;/h9-10H,3-8H2,1-2H3;1H4. The van der Waals surface area contributed by atoms with Crippen molar-refractivity contribution in [1.82, 2.24) is 0 Å². The highest BCUT2D eigenvalue weighted by Gasteiger charge is 2.10. The second-order valence-corrected chi connectivity index (χ2v) is 4.07. The van der Waals surface area contributed by atoms with Crippen LogP contribution < -0.4 is 0 Å². The zero-order valence-corrected chi connectivity index (χ0v) is 7.40. The molecule has 1 aliphatic rings. The van der Waals surface area contributed by atoms with Gasteiger partial charge in [0.1, 0.15) is 0 Å². The van der Waals surface area contributed by atoms with Crippen molar-refractivity contribution < 1.29 is 0 Å². The summed E-state index contributed by atoms with van der Waals surface area (Å²) < 4.78 is 0. The maximum absolute atomic E-state index is 2.40. The minimum Gasteiger partial charge on any atom is -0.0776 e. The molecule has 2 unspecified atom stereocenters. The molecule has 1 saturated carbocycles. The molecule has 1 rings (SSSR count). The molecule has 0 heterocycles. The Morgan fingerprint density at radius 2 is 1.09 bits per heavy atom. The molecule has 2 atom stereocenters. The van der Waals surface area contributed by atoms with E-state index in [2.05, 4.69) is 13.8 Å². The van der Waals surface area contributed by atoms with Crippen LogP contribution in [-0.2, 0) is 0 Å². The number of hydrogen-bond acceptors (Lipinski definition) is 0. The normalized spacial score (nSPS) is 33.3. The molecule has 0 N–H and O–H groups in total. The van der Waals surface area contributed by atoms with Gasteiger partial charge in [0.05, 0.1) is 0 Å². The van der Waals surface area contributed by atoms with Crippen LogP contribution in [0.2, 0.25) is 0 Å². The molecular weight excluding hydrogens is 132 g/mol. The fourth-order valence-electron chi connectivity index (χ4n) is 1.84. The first-order valence-electron chi connectivity index (χ1n) is 4.79. The van der Waals surface area contributed by atoms with Crippen LogP contribution >= 0.6 is 0 Å². The van der Waals surface area contributed by atoms with E-state index in [1.807, 2.05) is 0 Å². The van der Waals surface area contributed by atoms with E-state index < -0.39 is 0 Å². The number of rotatable bonds is 0. The van der Waals surface area contributed by atoms with E-state index in [4.69, 9.17) is 0 Å². The van der Waals surface area contributed by atoms with Gasteiger partial charge in [-0.25, -0.2) is 0 Å². The Balaban J connectivity index is 0.000001000. The lowest BCUT2D eigenvalue weighted by Gasteiger charge is -2.19. The first kappa shape index (κ1) is 11.0. The maximum Gasteiger partial charge on any atom is -0.0443 e. The van der Waals surface area contributed by atoms with E-state index >= 15 is 0 Å². The Bertz CT molecular complexity index is 74.0. The summed E-state index contributed by atoms with van der Waals surface area (Å²) in [6.45, 7) is 4.80. The SMILES string of the molecule is C.CC1CCCCC(C)CC1. The predicted octanol–water partition coefficient (Wildman–Crippen LogP) is 4.25. The lowest BCUT2D eigenvalue weighted by atomic mass is 9.87. The summed E-state index contributed by atoms with van der Waals surface area (Å²) in [6, 6.07) is 0. The third-order valence-electron chi connectivity index (χ3n) is 2.80. The van der Waals surface area contributed by atoms with Gasteiger partial charge in [-0.15, -0.1) is 0 Å². The summed E-state index contributed by atoms with van der Waals surface area (Å²) in [6.07, 6.45) is 8.86. The minimum atomic E-state index is 0. The van der Waals surface area contributed by atoms with Gasteiger partial charge < -0.3 is 0 Å². The van der Waals surface area contributed by atoms with Gasteiger partial charge in [0.2, 0.25) is 0 Å². The molecule has 0 aliphatic heterocycles. The molecule has 0 spiro atoms. The predicted molar refractivity (Wildman–Crippen MR) is 52.8 cm³/mol. The molecule has 0 saturated heterocycles. The largest absolute Gasteiger partial charge is 0.0776 e. The lowest BCUT2D eigenvalue weighted by molar-refractivity contribution is 0.342. The summed E-state index contributed by atoms with van der Waals surface area (Å²) in [5, 5.41) is 0. The molecule has 0 aromatic carbocycles. The van der Waals surface area contributed by atoms with E-state index in [1.165, 1.54) is 38.5 Å². The molecule has 0 heteroatoms. The van der Waals surface area contributed by atoms with Crippen LogP contribution in [0, 0.1) is 11.8 Å². The van der Waals surface area contributed by atoms with Crippen LogP contribution in [0.5, 0.6) is 0 Å². The summed E-state index contributed by atoms with van der Waals surface area (Å²) in [5.41, 5.74) is 0. The second-order valence-electron chi connectivity index (χ2n) is 4.07. The van der Waals surface area contributed by atoms with Crippen LogP contribution in [0.25, 0.3) is 0 Å². The van der Waals surface area contributed by atoms with Gasteiger partial charge in [0.15, 0.2) is 0 Å². The molecular formula is C11H24.